The summed E-state index contributed by atoms with van der Waals surface area (Å²) in [6.45, 7) is 9.98. The molecule has 1 aromatic rings. The second kappa shape index (κ2) is 7.39. The standard InChI is InChI=1S/C15H25NO2S/c1-4-17-15(18-5-2)7-10-16-9-6-14-13(12(16)3)8-11-19-14/h8,11-12,15H,4-7,9-10H2,1-3H3. The van der Waals surface area contributed by atoms with Crippen LogP contribution < -0.4 is 0 Å². The van der Waals surface area contributed by atoms with Gasteiger partial charge in [0.2, 0.25) is 0 Å². The van der Waals surface area contributed by atoms with Crippen molar-refractivity contribution >= 4 is 11.3 Å². The lowest BCUT2D eigenvalue weighted by atomic mass is 10.0. The van der Waals surface area contributed by atoms with Gasteiger partial charge in [0.05, 0.1) is 0 Å². The third-order valence-corrected chi connectivity index (χ3v) is 4.76. The molecule has 19 heavy (non-hydrogen) atoms. The number of hydrogen-bond acceptors (Lipinski definition) is 4. The minimum Gasteiger partial charge on any atom is -0.353 e. The first-order valence-electron chi connectivity index (χ1n) is 7.29. The minimum absolute atomic E-state index is 0.0499. The molecule has 108 valence electrons. The molecule has 0 aliphatic carbocycles. The third-order valence-electron chi connectivity index (χ3n) is 3.76. The molecule has 0 saturated heterocycles. The van der Waals surface area contributed by atoms with Crippen molar-refractivity contribution in [3.63, 3.8) is 0 Å². The lowest BCUT2D eigenvalue weighted by Crippen LogP contribution is -2.36. The monoisotopic (exact) mass is 283 g/mol. The molecule has 2 heterocycles. The van der Waals surface area contributed by atoms with Gasteiger partial charge < -0.3 is 9.47 Å². The molecule has 1 aliphatic heterocycles. The van der Waals surface area contributed by atoms with Crippen molar-refractivity contribution in [3.05, 3.63) is 21.9 Å². The third kappa shape index (κ3) is 3.78. The molecular formula is C15H25NO2S. The summed E-state index contributed by atoms with van der Waals surface area (Å²) in [6.07, 6.45) is 2.09. The second-order valence-corrected chi connectivity index (χ2v) is 5.89. The maximum Gasteiger partial charge on any atom is 0.158 e. The molecule has 3 nitrogen and oxygen atoms in total. The zero-order chi connectivity index (χ0) is 13.7. The van der Waals surface area contributed by atoms with E-state index in [1.807, 2.05) is 25.2 Å². The van der Waals surface area contributed by atoms with Gasteiger partial charge in [-0.1, -0.05) is 0 Å². The lowest BCUT2D eigenvalue weighted by Gasteiger charge is -2.34. The van der Waals surface area contributed by atoms with Gasteiger partial charge in [-0.25, -0.2) is 0 Å². The number of nitrogens with zero attached hydrogens (tertiary/aromatic N) is 1. The first kappa shape index (κ1) is 15.0. The summed E-state index contributed by atoms with van der Waals surface area (Å²) in [6, 6.07) is 2.80. The summed E-state index contributed by atoms with van der Waals surface area (Å²) in [4.78, 5) is 4.11. The molecule has 0 N–H and O–H groups in total. The summed E-state index contributed by atoms with van der Waals surface area (Å²) < 4.78 is 11.2. The van der Waals surface area contributed by atoms with Crippen LogP contribution in [0.5, 0.6) is 0 Å². The van der Waals surface area contributed by atoms with Gasteiger partial charge in [0.15, 0.2) is 6.29 Å². The van der Waals surface area contributed by atoms with Gasteiger partial charge in [0.1, 0.15) is 0 Å². The zero-order valence-corrected chi connectivity index (χ0v) is 13.0. The van der Waals surface area contributed by atoms with Gasteiger partial charge in [-0.3, -0.25) is 4.90 Å². The van der Waals surface area contributed by atoms with E-state index in [0.717, 1.165) is 32.7 Å². The Morgan fingerprint density at radius 3 is 2.79 bits per heavy atom. The van der Waals surface area contributed by atoms with E-state index in [-0.39, 0.29) is 6.29 Å². The average Bonchev–Trinajstić information content (AvgIpc) is 2.87. The molecule has 1 atom stereocenters. The maximum atomic E-state index is 5.62. The van der Waals surface area contributed by atoms with Crippen LogP contribution in [0.3, 0.4) is 0 Å². The van der Waals surface area contributed by atoms with Gasteiger partial charge in [0.25, 0.3) is 0 Å². The number of hydrogen-bond donors (Lipinski definition) is 0. The Bertz CT molecular complexity index is 374. The van der Waals surface area contributed by atoms with Crippen molar-refractivity contribution in [2.75, 3.05) is 26.3 Å². The van der Waals surface area contributed by atoms with Crippen LogP contribution in [0.1, 0.15) is 43.7 Å². The van der Waals surface area contributed by atoms with E-state index in [1.165, 1.54) is 12.0 Å². The van der Waals surface area contributed by atoms with Crippen LogP contribution in [-0.2, 0) is 15.9 Å². The van der Waals surface area contributed by atoms with Crippen LogP contribution in [0.25, 0.3) is 0 Å². The molecule has 0 aromatic carbocycles. The van der Waals surface area contributed by atoms with Gasteiger partial charge >= 0.3 is 0 Å². The smallest absolute Gasteiger partial charge is 0.158 e. The van der Waals surface area contributed by atoms with Gasteiger partial charge in [-0.2, -0.15) is 0 Å². The van der Waals surface area contributed by atoms with Crippen LogP contribution in [-0.4, -0.2) is 37.5 Å². The van der Waals surface area contributed by atoms with Crippen molar-refractivity contribution in [2.45, 2.75) is 45.9 Å². The van der Waals surface area contributed by atoms with Gasteiger partial charge in [0, 0.05) is 43.6 Å². The topological polar surface area (TPSA) is 21.7 Å². The molecule has 0 fully saturated rings. The van der Waals surface area contributed by atoms with Crippen LogP contribution in [0, 0.1) is 0 Å². The van der Waals surface area contributed by atoms with Crippen LogP contribution in [0.4, 0.5) is 0 Å². The molecule has 0 radical (unpaired) electrons. The first-order valence-corrected chi connectivity index (χ1v) is 8.17. The number of ether oxygens (including phenoxy) is 2. The zero-order valence-electron chi connectivity index (χ0n) is 12.2. The van der Waals surface area contributed by atoms with E-state index in [0.29, 0.717) is 6.04 Å². The molecule has 0 spiro atoms. The van der Waals surface area contributed by atoms with Gasteiger partial charge in [-0.15, -0.1) is 11.3 Å². The van der Waals surface area contributed by atoms with E-state index in [4.69, 9.17) is 9.47 Å². The minimum atomic E-state index is -0.0499. The average molecular weight is 283 g/mol. The van der Waals surface area contributed by atoms with E-state index in [9.17, 15) is 0 Å². The highest BCUT2D eigenvalue weighted by Gasteiger charge is 2.25. The molecule has 2 rings (SSSR count). The molecule has 1 aromatic heterocycles. The van der Waals surface area contributed by atoms with Crippen LogP contribution in [0.2, 0.25) is 0 Å². The Kier molecular flexibility index (Phi) is 5.82. The Labute approximate surface area is 120 Å². The van der Waals surface area contributed by atoms with Crippen molar-refractivity contribution in [3.8, 4) is 0 Å². The Morgan fingerprint density at radius 2 is 2.11 bits per heavy atom. The summed E-state index contributed by atoms with van der Waals surface area (Å²) in [5.41, 5.74) is 1.51. The van der Waals surface area contributed by atoms with Gasteiger partial charge in [-0.05, 0) is 44.2 Å². The Morgan fingerprint density at radius 1 is 1.37 bits per heavy atom. The quantitative estimate of drug-likeness (QED) is 0.715. The molecule has 0 saturated carbocycles. The Hall–Kier alpha value is -0.420. The fourth-order valence-electron chi connectivity index (χ4n) is 2.72. The van der Waals surface area contributed by atoms with E-state index < -0.39 is 0 Å². The molecule has 1 aliphatic rings. The lowest BCUT2D eigenvalue weighted by molar-refractivity contribution is -0.142. The van der Waals surface area contributed by atoms with Crippen LogP contribution >= 0.6 is 11.3 Å². The number of fused-ring (bicyclic) bond motifs is 1. The highest BCUT2D eigenvalue weighted by atomic mass is 32.1. The normalized spacial score (nSPS) is 19.9. The van der Waals surface area contributed by atoms with Crippen LogP contribution in [0.15, 0.2) is 11.4 Å². The number of thiophene rings is 1. The fourth-order valence-corrected chi connectivity index (χ4v) is 3.69. The van der Waals surface area contributed by atoms with Crippen molar-refractivity contribution < 1.29 is 9.47 Å². The fraction of sp³-hybridized carbons (Fsp3) is 0.733. The molecule has 4 heteroatoms. The second-order valence-electron chi connectivity index (χ2n) is 4.89. The first-order chi connectivity index (χ1) is 9.26. The van der Waals surface area contributed by atoms with Crippen molar-refractivity contribution in [1.29, 1.82) is 0 Å². The summed E-state index contributed by atoms with van der Waals surface area (Å²) in [5, 5.41) is 2.22. The van der Waals surface area contributed by atoms with Crippen molar-refractivity contribution in [2.24, 2.45) is 0 Å². The molecule has 1 unspecified atom stereocenters. The van der Waals surface area contributed by atoms with Crippen molar-refractivity contribution in [1.82, 2.24) is 4.90 Å². The summed E-state index contributed by atoms with van der Waals surface area (Å²) in [5.74, 6) is 0. The van der Waals surface area contributed by atoms with E-state index >= 15 is 0 Å². The summed E-state index contributed by atoms with van der Waals surface area (Å²) in [7, 11) is 0. The predicted octanol–water partition coefficient (Wildman–Crippen LogP) is 3.46. The maximum absolute atomic E-state index is 5.62. The van der Waals surface area contributed by atoms with E-state index in [2.05, 4.69) is 23.3 Å². The van der Waals surface area contributed by atoms with E-state index in [1.54, 1.807) is 4.88 Å². The molecule has 0 bridgehead atoms. The SMILES string of the molecule is CCOC(CCN1CCc2sccc2C1C)OCC. The number of rotatable bonds is 7. The highest BCUT2D eigenvalue weighted by Crippen LogP contribution is 2.32. The summed E-state index contributed by atoms with van der Waals surface area (Å²) >= 11 is 1.90. The molecular weight excluding hydrogens is 258 g/mol. The Balaban J connectivity index is 1.86. The molecule has 0 amide bonds. The highest BCUT2D eigenvalue weighted by molar-refractivity contribution is 7.10. The predicted molar refractivity (Wildman–Crippen MR) is 79.7 cm³/mol. The largest absolute Gasteiger partial charge is 0.353 e.